The van der Waals surface area contributed by atoms with Crippen LogP contribution in [0.3, 0.4) is 0 Å². The number of H-pyrrole nitrogens is 1. The van der Waals surface area contributed by atoms with Gasteiger partial charge in [0.05, 0.1) is 17.3 Å². The molecule has 2 aromatic heterocycles. The summed E-state index contributed by atoms with van der Waals surface area (Å²) >= 11 is 0. The van der Waals surface area contributed by atoms with Crippen LogP contribution in [0.15, 0.2) is 29.1 Å². The number of nitrogens with zero attached hydrogens (tertiary/aromatic N) is 2. The van der Waals surface area contributed by atoms with Gasteiger partial charge in [-0.05, 0) is 18.6 Å². The molecule has 0 amide bonds. The van der Waals surface area contributed by atoms with Crippen molar-refractivity contribution in [3.05, 3.63) is 46.0 Å². The van der Waals surface area contributed by atoms with E-state index in [0.717, 1.165) is 16.5 Å². The molecule has 0 radical (unpaired) electrons. The fourth-order valence-electron chi connectivity index (χ4n) is 2.29. The third-order valence-electron chi connectivity index (χ3n) is 3.35. The van der Waals surface area contributed by atoms with E-state index in [0.29, 0.717) is 16.9 Å². The minimum atomic E-state index is -0.930. The van der Waals surface area contributed by atoms with Gasteiger partial charge in [0.15, 0.2) is 5.65 Å². The molecule has 2 heterocycles. The second-order valence-corrected chi connectivity index (χ2v) is 4.91. The Balaban J connectivity index is 2.21. The Morgan fingerprint density at radius 2 is 2.14 bits per heavy atom. The van der Waals surface area contributed by atoms with Crippen LogP contribution >= 0.6 is 0 Å². The maximum Gasteiger partial charge on any atom is 0.303 e. The molecule has 0 aliphatic heterocycles. The van der Waals surface area contributed by atoms with Crippen molar-refractivity contribution in [3.8, 4) is 0 Å². The lowest BCUT2D eigenvalue weighted by Gasteiger charge is -2.05. The molecule has 3 aromatic rings. The van der Waals surface area contributed by atoms with E-state index in [2.05, 4.69) is 15.0 Å². The average Bonchev–Trinajstić information content (AvgIpc) is 2.44. The smallest absolute Gasteiger partial charge is 0.303 e. The van der Waals surface area contributed by atoms with E-state index >= 15 is 0 Å². The number of fused-ring (bicyclic) bond motifs is 2. The summed E-state index contributed by atoms with van der Waals surface area (Å²) in [6, 6.07) is 7.51. The van der Waals surface area contributed by atoms with Crippen molar-refractivity contribution in [2.24, 2.45) is 0 Å². The van der Waals surface area contributed by atoms with Crippen molar-refractivity contribution < 1.29 is 9.90 Å². The van der Waals surface area contributed by atoms with Crippen LogP contribution in [0.4, 0.5) is 0 Å². The summed E-state index contributed by atoms with van der Waals surface area (Å²) in [5, 5.41) is 9.99. The van der Waals surface area contributed by atoms with Gasteiger partial charge in [0, 0.05) is 11.8 Å². The Labute approximate surface area is 119 Å². The second-order valence-electron chi connectivity index (χ2n) is 4.91. The summed E-state index contributed by atoms with van der Waals surface area (Å²) in [5.74, 6) is -0.588. The number of rotatable bonds is 3. The van der Waals surface area contributed by atoms with Crippen LogP contribution in [0, 0.1) is 6.92 Å². The number of para-hydroxylation sites is 1. The number of hydrogen-bond donors (Lipinski definition) is 2. The van der Waals surface area contributed by atoms with E-state index in [-0.39, 0.29) is 18.4 Å². The summed E-state index contributed by atoms with van der Waals surface area (Å²) < 4.78 is 0. The molecule has 6 nitrogen and oxygen atoms in total. The molecule has 0 unspecified atom stereocenters. The third-order valence-corrected chi connectivity index (χ3v) is 3.35. The predicted octanol–water partition coefficient (Wildman–Crippen LogP) is 1.80. The van der Waals surface area contributed by atoms with E-state index < -0.39 is 5.97 Å². The standard InChI is InChI=1S/C15H13N3O3/c1-8-3-2-4-9-7-10-14(18-13(8)9)16-11(17-15(10)21)5-6-12(19)20/h2-4,7H,5-6H2,1H3,(H,19,20)(H,16,17,18,21). The lowest BCUT2D eigenvalue weighted by atomic mass is 10.1. The summed E-state index contributed by atoms with van der Waals surface area (Å²) in [4.78, 5) is 34.0. The highest BCUT2D eigenvalue weighted by molar-refractivity contribution is 5.92. The highest BCUT2D eigenvalue weighted by Crippen LogP contribution is 2.19. The van der Waals surface area contributed by atoms with Crippen LogP contribution in [-0.2, 0) is 11.2 Å². The lowest BCUT2D eigenvalue weighted by molar-refractivity contribution is -0.137. The number of aromatic nitrogens is 3. The first kappa shape index (κ1) is 13.2. The molecule has 106 valence electrons. The molecular weight excluding hydrogens is 270 g/mol. The van der Waals surface area contributed by atoms with Gasteiger partial charge in [0.25, 0.3) is 5.56 Å². The normalized spacial score (nSPS) is 11.1. The van der Waals surface area contributed by atoms with E-state index in [1.54, 1.807) is 6.07 Å². The Bertz CT molecular complexity index is 915. The molecule has 0 aliphatic rings. The SMILES string of the molecule is Cc1cccc2cc3c(=O)[nH]c(CCC(=O)O)nc3nc12. The number of hydrogen-bond acceptors (Lipinski definition) is 4. The molecule has 0 fully saturated rings. The van der Waals surface area contributed by atoms with E-state index in [1.807, 2.05) is 25.1 Å². The highest BCUT2D eigenvalue weighted by atomic mass is 16.4. The summed E-state index contributed by atoms with van der Waals surface area (Å²) in [6.45, 7) is 1.94. The van der Waals surface area contributed by atoms with Crippen molar-refractivity contribution in [2.75, 3.05) is 0 Å². The molecular formula is C15H13N3O3. The van der Waals surface area contributed by atoms with E-state index in [1.165, 1.54) is 0 Å². The van der Waals surface area contributed by atoms with Crippen molar-refractivity contribution in [3.63, 3.8) is 0 Å². The zero-order chi connectivity index (χ0) is 15.0. The maximum atomic E-state index is 12.1. The number of carboxylic acids is 1. The quantitative estimate of drug-likeness (QED) is 0.714. The number of nitrogens with one attached hydrogen (secondary N) is 1. The third kappa shape index (κ3) is 2.47. The second kappa shape index (κ2) is 4.97. The van der Waals surface area contributed by atoms with Crippen LogP contribution in [0.1, 0.15) is 17.8 Å². The molecule has 0 atom stereocenters. The molecule has 0 aliphatic carbocycles. The zero-order valence-corrected chi connectivity index (χ0v) is 11.4. The van der Waals surface area contributed by atoms with Gasteiger partial charge in [0.1, 0.15) is 5.82 Å². The molecule has 0 bridgehead atoms. The fraction of sp³-hybridized carbons (Fsp3) is 0.200. The molecule has 0 saturated carbocycles. The number of benzene rings is 1. The number of pyridine rings is 1. The molecule has 21 heavy (non-hydrogen) atoms. The summed E-state index contributed by atoms with van der Waals surface area (Å²) in [7, 11) is 0. The molecule has 0 saturated heterocycles. The fourth-order valence-corrected chi connectivity index (χ4v) is 2.29. The monoisotopic (exact) mass is 283 g/mol. The predicted molar refractivity (Wildman–Crippen MR) is 78.4 cm³/mol. The van der Waals surface area contributed by atoms with Crippen molar-refractivity contribution in [2.45, 2.75) is 19.8 Å². The topological polar surface area (TPSA) is 95.9 Å². The van der Waals surface area contributed by atoms with Gasteiger partial charge in [-0.3, -0.25) is 9.59 Å². The highest BCUT2D eigenvalue weighted by Gasteiger charge is 2.09. The van der Waals surface area contributed by atoms with E-state index in [9.17, 15) is 9.59 Å². The number of carboxylic acid groups (broad SMARTS) is 1. The molecule has 6 heteroatoms. The Hall–Kier alpha value is -2.76. The number of aromatic amines is 1. The first-order valence-corrected chi connectivity index (χ1v) is 6.55. The zero-order valence-electron chi connectivity index (χ0n) is 11.4. The van der Waals surface area contributed by atoms with Gasteiger partial charge in [-0.1, -0.05) is 18.2 Å². The van der Waals surface area contributed by atoms with E-state index in [4.69, 9.17) is 5.11 Å². The molecule has 1 aromatic carbocycles. The molecule has 0 spiro atoms. The number of carbonyl (C=O) groups is 1. The van der Waals surface area contributed by atoms with Crippen LogP contribution in [0.2, 0.25) is 0 Å². The summed E-state index contributed by atoms with van der Waals surface area (Å²) in [5.41, 5.74) is 1.85. The van der Waals surface area contributed by atoms with Crippen LogP contribution < -0.4 is 5.56 Å². The van der Waals surface area contributed by atoms with Gasteiger partial charge in [0.2, 0.25) is 0 Å². The number of aryl methyl sites for hydroxylation is 2. The van der Waals surface area contributed by atoms with Gasteiger partial charge in [-0.2, -0.15) is 0 Å². The van der Waals surface area contributed by atoms with Gasteiger partial charge in [-0.15, -0.1) is 0 Å². The van der Waals surface area contributed by atoms with Crippen LogP contribution in [-0.4, -0.2) is 26.0 Å². The first-order valence-electron chi connectivity index (χ1n) is 6.55. The van der Waals surface area contributed by atoms with Crippen LogP contribution in [0.5, 0.6) is 0 Å². The average molecular weight is 283 g/mol. The minimum absolute atomic E-state index is 0.0823. The minimum Gasteiger partial charge on any atom is -0.481 e. The maximum absolute atomic E-state index is 12.1. The first-order chi connectivity index (χ1) is 10.0. The van der Waals surface area contributed by atoms with Gasteiger partial charge >= 0.3 is 5.97 Å². The van der Waals surface area contributed by atoms with Gasteiger partial charge in [-0.25, -0.2) is 9.97 Å². The molecule has 3 rings (SSSR count). The van der Waals surface area contributed by atoms with Crippen LogP contribution in [0.25, 0.3) is 21.9 Å². The summed E-state index contributed by atoms with van der Waals surface area (Å²) in [6.07, 6.45) is 0.0923. The Kier molecular flexibility index (Phi) is 3.13. The van der Waals surface area contributed by atoms with Gasteiger partial charge < -0.3 is 10.1 Å². The Morgan fingerprint density at radius 3 is 2.90 bits per heavy atom. The largest absolute Gasteiger partial charge is 0.481 e. The van der Waals surface area contributed by atoms with Crippen molar-refractivity contribution in [1.82, 2.24) is 15.0 Å². The lowest BCUT2D eigenvalue weighted by Crippen LogP contribution is -2.14. The number of aliphatic carboxylic acids is 1. The van der Waals surface area contributed by atoms with Crippen molar-refractivity contribution in [1.29, 1.82) is 0 Å². The van der Waals surface area contributed by atoms with Crippen molar-refractivity contribution >= 4 is 27.9 Å². The molecule has 2 N–H and O–H groups in total. The Morgan fingerprint density at radius 1 is 1.33 bits per heavy atom.